The summed E-state index contributed by atoms with van der Waals surface area (Å²) in [6.45, 7) is 4.15. The van der Waals surface area contributed by atoms with Gasteiger partial charge < -0.3 is 10.6 Å². The number of aryl methyl sites for hydroxylation is 2. The third kappa shape index (κ3) is 3.45. The maximum atomic E-state index is 11.9. The van der Waals surface area contributed by atoms with E-state index >= 15 is 0 Å². The molecule has 114 valence electrons. The van der Waals surface area contributed by atoms with E-state index < -0.39 is 0 Å². The van der Waals surface area contributed by atoms with Gasteiger partial charge in [-0.3, -0.25) is 4.79 Å². The molecule has 2 N–H and O–H groups in total. The number of carbonyl (C=O) groups excluding carboxylic acids is 1. The molecule has 22 heavy (non-hydrogen) atoms. The second-order valence-corrected chi connectivity index (χ2v) is 6.05. The van der Waals surface area contributed by atoms with E-state index in [2.05, 4.69) is 47.7 Å². The van der Waals surface area contributed by atoms with E-state index in [1.165, 1.54) is 11.1 Å². The number of benzene rings is 1. The van der Waals surface area contributed by atoms with Crippen molar-refractivity contribution in [3.63, 3.8) is 0 Å². The van der Waals surface area contributed by atoms with Crippen molar-refractivity contribution in [2.75, 3.05) is 10.6 Å². The van der Waals surface area contributed by atoms with E-state index in [-0.39, 0.29) is 11.8 Å². The normalized spacial score (nSPS) is 14.3. The number of hydrogen-bond acceptors (Lipinski definition) is 3. The molecule has 0 spiro atoms. The highest BCUT2D eigenvalue weighted by Gasteiger charge is 2.25. The van der Waals surface area contributed by atoms with Crippen LogP contribution in [0.25, 0.3) is 0 Å². The minimum absolute atomic E-state index is 0.114. The van der Waals surface area contributed by atoms with E-state index in [1.54, 1.807) is 6.20 Å². The third-order valence-corrected chi connectivity index (χ3v) is 4.00. The first-order chi connectivity index (χ1) is 10.6. The summed E-state index contributed by atoms with van der Waals surface area (Å²) in [6.07, 6.45) is 4.87. The van der Waals surface area contributed by atoms with Crippen LogP contribution in [0.4, 0.5) is 17.2 Å². The van der Waals surface area contributed by atoms with Gasteiger partial charge in [0.05, 0.1) is 11.9 Å². The molecule has 0 unspecified atom stereocenters. The molecule has 1 heterocycles. The summed E-state index contributed by atoms with van der Waals surface area (Å²) < 4.78 is 0. The molecule has 4 heteroatoms. The lowest BCUT2D eigenvalue weighted by atomic mass is 9.85. The highest BCUT2D eigenvalue weighted by atomic mass is 16.1. The van der Waals surface area contributed by atoms with Crippen LogP contribution in [0, 0.1) is 19.8 Å². The van der Waals surface area contributed by atoms with Crippen molar-refractivity contribution in [2.45, 2.75) is 33.1 Å². The van der Waals surface area contributed by atoms with Crippen molar-refractivity contribution in [3.05, 3.63) is 47.7 Å². The second-order valence-electron chi connectivity index (χ2n) is 6.05. The molecule has 0 atom stereocenters. The number of carbonyl (C=O) groups is 1. The summed E-state index contributed by atoms with van der Waals surface area (Å²) in [6, 6.07) is 10.1. The van der Waals surface area contributed by atoms with Crippen molar-refractivity contribution < 1.29 is 4.79 Å². The van der Waals surface area contributed by atoms with E-state index in [0.29, 0.717) is 0 Å². The van der Waals surface area contributed by atoms with Crippen LogP contribution in [-0.4, -0.2) is 10.9 Å². The molecule has 0 saturated heterocycles. The predicted molar refractivity (Wildman–Crippen MR) is 89.4 cm³/mol. The molecule has 1 fully saturated rings. The number of nitrogens with one attached hydrogen (secondary N) is 2. The van der Waals surface area contributed by atoms with Gasteiger partial charge in [-0.1, -0.05) is 12.5 Å². The highest BCUT2D eigenvalue weighted by Crippen LogP contribution is 2.27. The highest BCUT2D eigenvalue weighted by molar-refractivity contribution is 5.92. The Morgan fingerprint density at radius 2 is 1.82 bits per heavy atom. The smallest absolute Gasteiger partial charge is 0.227 e. The minimum Gasteiger partial charge on any atom is -0.340 e. The van der Waals surface area contributed by atoms with Crippen LogP contribution in [0.3, 0.4) is 0 Å². The van der Waals surface area contributed by atoms with Crippen molar-refractivity contribution >= 4 is 23.1 Å². The monoisotopic (exact) mass is 295 g/mol. The average Bonchev–Trinajstić information content (AvgIpc) is 2.37. The summed E-state index contributed by atoms with van der Waals surface area (Å²) in [5.41, 5.74) is 4.21. The number of hydrogen-bond donors (Lipinski definition) is 2. The Hall–Kier alpha value is -2.36. The summed E-state index contributed by atoms with van der Waals surface area (Å²) in [5, 5.41) is 6.21. The summed E-state index contributed by atoms with van der Waals surface area (Å²) in [4.78, 5) is 16.3. The molecular weight excluding hydrogens is 274 g/mol. The van der Waals surface area contributed by atoms with Crippen LogP contribution in [0.15, 0.2) is 36.5 Å². The summed E-state index contributed by atoms with van der Waals surface area (Å²) in [7, 11) is 0. The van der Waals surface area contributed by atoms with Crippen molar-refractivity contribution in [2.24, 2.45) is 5.92 Å². The van der Waals surface area contributed by atoms with Crippen molar-refractivity contribution in [1.29, 1.82) is 0 Å². The largest absolute Gasteiger partial charge is 0.340 e. The minimum atomic E-state index is 0.114. The quantitative estimate of drug-likeness (QED) is 0.889. The van der Waals surface area contributed by atoms with Crippen molar-refractivity contribution in [1.82, 2.24) is 4.98 Å². The van der Waals surface area contributed by atoms with Gasteiger partial charge in [0.15, 0.2) is 0 Å². The first-order valence-electron chi connectivity index (χ1n) is 7.72. The van der Waals surface area contributed by atoms with Crippen LogP contribution in [0.2, 0.25) is 0 Å². The van der Waals surface area contributed by atoms with Gasteiger partial charge in [0.2, 0.25) is 5.91 Å². The van der Waals surface area contributed by atoms with Gasteiger partial charge in [0, 0.05) is 11.6 Å². The number of anilines is 3. The zero-order valence-corrected chi connectivity index (χ0v) is 13.0. The van der Waals surface area contributed by atoms with E-state index in [1.807, 2.05) is 12.1 Å². The maximum absolute atomic E-state index is 11.9. The SMILES string of the molecule is Cc1cc(C)cc(Nc2ccc(NC(=O)C3CCC3)cn2)c1. The topological polar surface area (TPSA) is 54.0 Å². The summed E-state index contributed by atoms with van der Waals surface area (Å²) in [5.74, 6) is 1.07. The maximum Gasteiger partial charge on any atom is 0.227 e. The predicted octanol–water partition coefficient (Wildman–Crippen LogP) is 4.18. The fourth-order valence-electron chi connectivity index (χ4n) is 2.65. The van der Waals surface area contributed by atoms with Crippen LogP contribution < -0.4 is 10.6 Å². The molecule has 1 aliphatic carbocycles. The van der Waals surface area contributed by atoms with Gasteiger partial charge in [-0.25, -0.2) is 4.98 Å². The van der Waals surface area contributed by atoms with Crippen molar-refractivity contribution in [3.8, 4) is 0 Å². The fourth-order valence-corrected chi connectivity index (χ4v) is 2.65. The average molecular weight is 295 g/mol. The van der Waals surface area contributed by atoms with E-state index in [0.717, 1.165) is 36.5 Å². The molecule has 2 aromatic rings. The van der Waals surface area contributed by atoms with Crippen LogP contribution >= 0.6 is 0 Å². The lowest BCUT2D eigenvalue weighted by Crippen LogP contribution is -2.28. The molecule has 4 nitrogen and oxygen atoms in total. The molecule has 1 amide bonds. The first kappa shape index (κ1) is 14.6. The number of amides is 1. The molecule has 3 rings (SSSR count). The Kier molecular flexibility index (Phi) is 4.09. The molecule has 1 aromatic heterocycles. The molecule has 1 aliphatic rings. The van der Waals surface area contributed by atoms with Crippen LogP contribution in [0.1, 0.15) is 30.4 Å². The van der Waals surface area contributed by atoms with E-state index in [9.17, 15) is 4.79 Å². The van der Waals surface area contributed by atoms with Gasteiger partial charge in [0.1, 0.15) is 5.82 Å². The zero-order valence-electron chi connectivity index (χ0n) is 13.0. The lowest BCUT2D eigenvalue weighted by Gasteiger charge is -2.23. The third-order valence-electron chi connectivity index (χ3n) is 4.00. The molecule has 0 radical (unpaired) electrons. The fraction of sp³-hybridized carbons (Fsp3) is 0.333. The standard InChI is InChI=1S/C18H21N3O/c1-12-8-13(2)10-16(9-12)20-17-7-6-15(11-19-17)21-18(22)14-4-3-5-14/h6-11,14H,3-5H2,1-2H3,(H,19,20)(H,21,22). The number of pyridine rings is 1. The number of nitrogens with zero attached hydrogens (tertiary/aromatic N) is 1. The first-order valence-corrected chi connectivity index (χ1v) is 7.72. The Bertz CT molecular complexity index is 655. The van der Waals surface area contributed by atoms with Crippen LogP contribution in [-0.2, 0) is 4.79 Å². The van der Waals surface area contributed by atoms with Gasteiger partial charge in [-0.15, -0.1) is 0 Å². The van der Waals surface area contributed by atoms with Gasteiger partial charge in [-0.2, -0.15) is 0 Å². The van der Waals surface area contributed by atoms with Gasteiger partial charge in [0.25, 0.3) is 0 Å². The zero-order chi connectivity index (χ0) is 15.5. The summed E-state index contributed by atoms with van der Waals surface area (Å²) >= 11 is 0. The lowest BCUT2D eigenvalue weighted by molar-refractivity contribution is -0.122. The second kappa shape index (κ2) is 6.18. The van der Waals surface area contributed by atoms with Crippen LogP contribution in [0.5, 0.6) is 0 Å². The molecule has 1 aromatic carbocycles. The molecule has 0 aliphatic heterocycles. The Labute approximate surface area is 131 Å². The number of aromatic nitrogens is 1. The Morgan fingerprint density at radius 3 is 2.36 bits per heavy atom. The number of rotatable bonds is 4. The van der Waals surface area contributed by atoms with Gasteiger partial charge in [-0.05, 0) is 62.1 Å². The molecular formula is C18H21N3O. The Morgan fingerprint density at radius 1 is 1.09 bits per heavy atom. The Balaban J connectivity index is 1.64. The molecule has 0 bridgehead atoms. The molecule has 1 saturated carbocycles. The van der Waals surface area contributed by atoms with Gasteiger partial charge >= 0.3 is 0 Å². The van der Waals surface area contributed by atoms with E-state index in [4.69, 9.17) is 0 Å².